The van der Waals surface area contributed by atoms with Crippen LogP contribution >= 0.6 is 0 Å². The van der Waals surface area contributed by atoms with Crippen LogP contribution < -0.4 is 19.5 Å². The number of aromatic nitrogens is 3. The Balaban J connectivity index is 1.39. The van der Waals surface area contributed by atoms with Crippen molar-refractivity contribution in [2.75, 3.05) is 32.6 Å². The Bertz CT molecular complexity index is 1350. The molecule has 0 amide bonds. The zero-order valence-electron chi connectivity index (χ0n) is 21.1. The molecular weight excluding hydrogens is 458 g/mol. The first-order chi connectivity index (χ1) is 17.5. The van der Waals surface area contributed by atoms with Gasteiger partial charge in [0.25, 0.3) is 0 Å². The van der Waals surface area contributed by atoms with Crippen molar-refractivity contribution in [3.05, 3.63) is 59.7 Å². The number of nitrogens with one attached hydrogen (secondary N) is 1. The molecule has 1 aliphatic rings. The predicted molar refractivity (Wildman–Crippen MR) is 137 cm³/mol. The second kappa shape index (κ2) is 10.4. The van der Waals surface area contributed by atoms with Crippen molar-refractivity contribution in [3.63, 3.8) is 0 Å². The van der Waals surface area contributed by atoms with Gasteiger partial charge < -0.3 is 29.0 Å². The van der Waals surface area contributed by atoms with E-state index >= 15 is 0 Å². The minimum atomic E-state index is 0.136. The van der Waals surface area contributed by atoms with Crippen LogP contribution in [0, 0.1) is 13.8 Å². The maximum atomic E-state index is 6.50. The quantitative estimate of drug-likeness (QED) is 0.365. The number of hydrogen-bond acceptors (Lipinski definition) is 9. The number of likely N-dealkylation sites (tertiary alicyclic amines) is 1. The molecule has 2 aromatic carbocycles. The third-order valence-electron chi connectivity index (χ3n) is 6.36. The maximum Gasteiger partial charge on any atom is 0.145 e. The summed E-state index contributed by atoms with van der Waals surface area (Å²) < 4.78 is 23.1. The maximum absolute atomic E-state index is 6.50. The average Bonchev–Trinajstić information content (AvgIpc) is 3.29. The van der Waals surface area contributed by atoms with Crippen LogP contribution in [0.5, 0.6) is 17.2 Å². The van der Waals surface area contributed by atoms with Gasteiger partial charge in [0.15, 0.2) is 0 Å². The summed E-state index contributed by atoms with van der Waals surface area (Å²) in [6.45, 7) is 6.24. The van der Waals surface area contributed by atoms with Crippen LogP contribution in [0.25, 0.3) is 10.9 Å². The summed E-state index contributed by atoms with van der Waals surface area (Å²) >= 11 is 0. The van der Waals surface area contributed by atoms with Crippen LogP contribution in [0.4, 0.5) is 11.5 Å². The Morgan fingerprint density at radius 2 is 1.89 bits per heavy atom. The third-order valence-corrected chi connectivity index (χ3v) is 6.36. The van der Waals surface area contributed by atoms with Gasteiger partial charge in [0.2, 0.25) is 0 Å². The molecule has 1 saturated heterocycles. The molecule has 9 heteroatoms. The summed E-state index contributed by atoms with van der Waals surface area (Å²) in [6.07, 6.45) is 3.63. The van der Waals surface area contributed by atoms with Crippen molar-refractivity contribution in [1.29, 1.82) is 0 Å². The molecule has 5 rings (SSSR count). The van der Waals surface area contributed by atoms with E-state index in [1.54, 1.807) is 13.4 Å². The molecule has 188 valence electrons. The van der Waals surface area contributed by atoms with E-state index in [1.807, 2.05) is 50.2 Å². The molecule has 1 aliphatic heterocycles. The number of nitrogens with zero attached hydrogens (tertiary/aromatic N) is 4. The van der Waals surface area contributed by atoms with E-state index in [9.17, 15) is 0 Å². The lowest BCUT2D eigenvalue weighted by Gasteiger charge is -2.29. The monoisotopic (exact) mass is 489 g/mol. The van der Waals surface area contributed by atoms with Gasteiger partial charge in [-0.05, 0) is 57.5 Å². The third kappa shape index (κ3) is 5.36. The van der Waals surface area contributed by atoms with Crippen LogP contribution in [0.3, 0.4) is 0 Å². The Morgan fingerprint density at radius 1 is 1.06 bits per heavy atom. The van der Waals surface area contributed by atoms with Crippen LogP contribution in [0.15, 0.2) is 47.2 Å². The molecule has 2 aromatic heterocycles. The molecule has 0 saturated carbocycles. The molecule has 0 bridgehead atoms. The topological polar surface area (TPSA) is 94.8 Å². The molecule has 0 spiro atoms. The molecule has 1 fully saturated rings. The van der Waals surface area contributed by atoms with Crippen molar-refractivity contribution in [2.24, 2.45) is 0 Å². The van der Waals surface area contributed by atoms with E-state index in [4.69, 9.17) is 18.7 Å². The molecule has 0 unspecified atom stereocenters. The van der Waals surface area contributed by atoms with E-state index in [1.165, 1.54) is 0 Å². The second-order valence-corrected chi connectivity index (χ2v) is 9.19. The SMILES string of the molecule is COc1cc(OC2CCN(C)CC2)c2c(Nc3ccc(OCc4cc(C)on4)c(C)c3)ncnc2c1. The van der Waals surface area contributed by atoms with Gasteiger partial charge in [0.1, 0.15) is 53.6 Å². The Labute approximate surface area is 210 Å². The van der Waals surface area contributed by atoms with Crippen molar-refractivity contribution >= 4 is 22.4 Å². The number of hydrogen-bond donors (Lipinski definition) is 1. The lowest BCUT2D eigenvalue weighted by Crippen LogP contribution is -2.35. The van der Waals surface area contributed by atoms with Gasteiger partial charge in [-0.3, -0.25) is 0 Å². The van der Waals surface area contributed by atoms with Crippen molar-refractivity contribution in [3.8, 4) is 17.2 Å². The number of piperidine rings is 1. The first kappa shape index (κ1) is 23.9. The second-order valence-electron chi connectivity index (χ2n) is 9.19. The smallest absolute Gasteiger partial charge is 0.145 e. The fraction of sp³-hybridized carbons (Fsp3) is 0.370. The highest BCUT2D eigenvalue weighted by atomic mass is 16.5. The molecule has 0 aliphatic carbocycles. The minimum Gasteiger partial charge on any atom is -0.497 e. The van der Waals surface area contributed by atoms with Gasteiger partial charge in [0.05, 0.1) is 18.0 Å². The number of ether oxygens (including phenoxy) is 3. The van der Waals surface area contributed by atoms with Crippen molar-refractivity contribution < 1.29 is 18.7 Å². The molecule has 4 aromatic rings. The summed E-state index contributed by atoms with van der Waals surface area (Å²) in [5.41, 5.74) is 3.39. The van der Waals surface area contributed by atoms with Crippen LogP contribution in [0.1, 0.15) is 29.9 Å². The predicted octanol–water partition coefficient (Wildman–Crippen LogP) is 5.04. The van der Waals surface area contributed by atoms with Gasteiger partial charge in [0, 0.05) is 37.0 Å². The van der Waals surface area contributed by atoms with Crippen molar-refractivity contribution in [1.82, 2.24) is 20.0 Å². The molecule has 1 N–H and O–H groups in total. The van der Waals surface area contributed by atoms with Crippen molar-refractivity contribution in [2.45, 2.75) is 39.4 Å². The molecular formula is C27H31N5O4. The van der Waals surface area contributed by atoms with E-state index in [0.29, 0.717) is 18.2 Å². The van der Waals surface area contributed by atoms with Crippen LogP contribution in [-0.4, -0.2) is 53.4 Å². The molecule has 0 radical (unpaired) electrons. The summed E-state index contributed by atoms with van der Waals surface area (Å²) in [5.74, 6) is 3.65. The van der Waals surface area contributed by atoms with E-state index in [0.717, 1.165) is 71.0 Å². The largest absolute Gasteiger partial charge is 0.497 e. The number of fused-ring (bicyclic) bond motifs is 1. The van der Waals surface area contributed by atoms with Gasteiger partial charge >= 0.3 is 0 Å². The van der Waals surface area contributed by atoms with E-state index in [2.05, 4.69) is 32.4 Å². The Morgan fingerprint density at radius 3 is 2.61 bits per heavy atom. The molecule has 0 atom stereocenters. The average molecular weight is 490 g/mol. The van der Waals surface area contributed by atoms with Gasteiger partial charge in [-0.25, -0.2) is 9.97 Å². The van der Waals surface area contributed by atoms with E-state index in [-0.39, 0.29) is 6.10 Å². The van der Waals surface area contributed by atoms with Crippen LogP contribution in [0.2, 0.25) is 0 Å². The zero-order valence-corrected chi connectivity index (χ0v) is 21.1. The minimum absolute atomic E-state index is 0.136. The lowest BCUT2D eigenvalue weighted by molar-refractivity contribution is 0.115. The fourth-order valence-electron chi connectivity index (χ4n) is 4.38. The van der Waals surface area contributed by atoms with Gasteiger partial charge in [-0.15, -0.1) is 0 Å². The summed E-state index contributed by atoms with van der Waals surface area (Å²) in [5, 5.41) is 8.26. The first-order valence-corrected chi connectivity index (χ1v) is 12.1. The highest BCUT2D eigenvalue weighted by Crippen LogP contribution is 2.37. The van der Waals surface area contributed by atoms with Crippen LogP contribution in [-0.2, 0) is 6.61 Å². The normalized spacial score (nSPS) is 14.7. The summed E-state index contributed by atoms with van der Waals surface area (Å²) in [6, 6.07) is 11.6. The zero-order chi connectivity index (χ0) is 25.1. The Kier molecular flexibility index (Phi) is 6.90. The molecule has 36 heavy (non-hydrogen) atoms. The lowest BCUT2D eigenvalue weighted by atomic mass is 10.1. The summed E-state index contributed by atoms with van der Waals surface area (Å²) in [7, 11) is 3.79. The number of rotatable bonds is 8. The number of anilines is 2. The highest BCUT2D eigenvalue weighted by molar-refractivity contribution is 5.96. The van der Waals surface area contributed by atoms with E-state index < -0.39 is 0 Å². The standard InChI is InChI=1S/C27H31N5O4/c1-17-11-19(5-6-24(17)34-15-20-12-18(2)36-31-20)30-27-26-23(28-16-29-27)13-22(33-4)14-25(26)35-21-7-9-32(3)10-8-21/h5-6,11-14,16,21H,7-10,15H2,1-4H3,(H,28,29,30). The van der Waals surface area contributed by atoms with Gasteiger partial charge in [-0.2, -0.15) is 0 Å². The number of benzene rings is 2. The molecule has 9 nitrogen and oxygen atoms in total. The number of aryl methyl sites for hydroxylation is 2. The Hall–Kier alpha value is -3.85. The fourth-order valence-corrected chi connectivity index (χ4v) is 4.38. The summed E-state index contributed by atoms with van der Waals surface area (Å²) in [4.78, 5) is 11.4. The number of methoxy groups -OCH3 is 1. The van der Waals surface area contributed by atoms with Gasteiger partial charge in [-0.1, -0.05) is 5.16 Å². The highest BCUT2D eigenvalue weighted by Gasteiger charge is 2.21. The molecule has 3 heterocycles. The first-order valence-electron chi connectivity index (χ1n) is 12.1.